The van der Waals surface area contributed by atoms with Gasteiger partial charge in [-0.05, 0) is 52.5 Å². The van der Waals surface area contributed by atoms with Crippen molar-refractivity contribution in [1.82, 2.24) is 4.90 Å². The SMILES string of the molecule is CC1(C)CCN(CC(=O)Nc2ccc(N)cc2Br)C1. The molecule has 1 aliphatic rings. The number of hydrogen-bond donors (Lipinski definition) is 2. The van der Waals surface area contributed by atoms with Crippen LogP contribution in [0.2, 0.25) is 0 Å². The summed E-state index contributed by atoms with van der Waals surface area (Å²) >= 11 is 3.40. The van der Waals surface area contributed by atoms with Crippen LogP contribution in [0.3, 0.4) is 0 Å². The van der Waals surface area contributed by atoms with Crippen molar-refractivity contribution in [3.8, 4) is 0 Å². The van der Waals surface area contributed by atoms with Gasteiger partial charge in [0.15, 0.2) is 0 Å². The van der Waals surface area contributed by atoms with Gasteiger partial charge in [0.05, 0.1) is 12.2 Å². The molecule has 1 aliphatic heterocycles. The molecule has 0 radical (unpaired) electrons. The van der Waals surface area contributed by atoms with Gasteiger partial charge < -0.3 is 11.1 Å². The van der Waals surface area contributed by atoms with Gasteiger partial charge >= 0.3 is 0 Å². The Morgan fingerprint density at radius 1 is 1.53 bits per heavy atom. The van der Waals surface area contributed by atoms with Crippen molar-refractivity contribution in [2.24, 2.45) is 5.41 Å². The highest BCUT2D eigenvalue weighted by Gasteiger charge is 2.29. The van der Waals surface area contributed by atoms with E-state index >= 15 is 0 Å². The van der Waals surface area contributed by atoms with Crippen molar-refractivity contribution in [3.63, 3.8) is 0 Å². The number of likely N-dealkylation sites (tertiary alicyclic amines) is 1. The number of rotatable bonds is 3. The second-order valence-electron chi connectivity index (χ2n) is 5.91. The maximum Gasteiger partial charge on any atom is 0.238 e. The summed E-state index contributed by atoms with van der Waals surface area (Å²) in [4.78, 5) is 14.2. The predicted molar refractivity (Wildman–Crippen MR) is 82.0 cm³/mol. The van der Waals surface area contributed by atoms with Crippen molar-refractivity contribution in [2.75, 3.05) is 30.7 Å². The monoisotopic (exact) mass is 325 g/mol. The summed E-state index contributed by atoms with van der Waals surface area (Å²) in [5, 5.41) is 2.91. The number of nitrogens with zero attached hydrogens (tertiary/aromatic N) is 1. The van der Waals surface area contributed by atoms with E-state index in [1.54, 1.807) is 12.1 Å². The number of carbonyl (C=O) groups is 1. The smallest absolute Gasteiger partial charge is 0.238 e. The molecule has 1 aromatic rings. The van der Waals surface area contributed by atoms with Gasteiger partial charge in [-0.1, -0.05) is 13.8 Å². The molecule has 19 heavy (non-hydrogen) atoms. The van der Waals surface area contributed by atoms with E-state index < -0.39 is 0 Å². The molecular weight excluding hydrogens is 306 g/mol. The molecule has 3 N–H and O–H groups in total. The molecule has 4 nitrogen and oxygen atoms in total. The van der Waals surface area contributed by atoms with Gasteiger partial charge in [0.25, 0.3) is 0 Å². The molecule has 0 aromatic heterocycles. The lowest BCUT2D eigenvalue weighted by molar-refractivity contribution is -0.117. The van der Waals surface area contributed by atoms with Crippen LogP contribution in [0.4, 0.5) is 11.4 Å². The normalized spacial score (nSPS) is 18.5. The van der Waals surface area contributed by atoms with Gasteiger partial charge in [0.1, 0.15) is 0 Å². The minimum Gasteiger partial charge on any atom is -0.399 e. The summed E-state index contributed by atoms with van der Waals surface area (Å²) in [7, 11) is 0. The average Bonchev–Trinajstić information content (AvgIpc) is 2.62. The maximum atomic E-state index is 12.0. The minimum atomic E-state index is 0.0168. The van der Waals surface area contributed by atoms with Crippen LogP contribution in [0.5, 0.6) is 0 Å². The van der Waals surface area contributed by atoms with Crippen LogP contribution in [-0.2, 0) is 4.79 Å². The first-order valence-electron chi connectivity index (χ1n) is 6.43. The highest BCUT2D eigenvalue weighted by atomic mass is 79.9. The molecule has 1 heterocycles. The van der Waals surface area contributed by atoms with Gasteiger partial charge in [-0.2, -0.15) is 0 Å². The van der Waals surface area contributed by atoms with Gasteiger partial charge in [-0.25, -0.2) is 0 Å². The molecule has 1 saturated heterocycles. The topological polar surface area (TPSA) is 58.4 Å². The molecule has 1 fully saturated rings. The largest absolute Gasteiger partial charge is 0.399 e. The van der Waals surface area contributed by atoms with Crippen LogP contribution in [0, 0.1) is 5.41 Å². The lowest BCUT2D eigenvalue weighted by Gasteiger charge is -2.19. The Labute approximate surface area is 122 Å². The summed E-state index contributed by atoms with van der Waals surface area (Å²) in [6, 6.07) is 5.37. The van der Waals surface area contributed by atoms with Crippen LogP contribution in [-0.4, -0.2) is 30.4 Å². The molecule has 1 aromatic carbocycles. The summed E-state index contributed by atoms with van der Waals surface area (Å²) in [6.07, 6.45) is 1.14. The number of nitrogens with one attached hydrogen (secondary N) is 1. The fourth-order valence-electron chi connectivity index (χ4n) is 2.38. The highest BCUT2D eigenvalue weighted by molar-refractivity contribution is 9.10. The Kier molecular flexibility index (Phi) is 4.16. The molecule has 0 spiro atoms. The Morgan fingerprint density at radius 3 is 2.84 bits per heavy atom. The zero-order chi connectivity index (χ0) is 14.0. The Balaban J connectivity index is 1.91. The Bertz CT molecular complexity index is 488. The molecule has 2 rings (SSSR count). The molecular formula is C14H20BrN3O. The van der Waals surface area contributed by atoms with Gasteiger partial charge in [0, 0.05) is 16.7 Å². The molecule has 0 unspecified atom stereocenters. The number of halogens is 1. The fraction of sp³-hybridized carbons (Fsp3) is 0.500. The third kappa shape index (κ3) is 3.94. The highest BCUT2D eigenvalue weighted by Crippen LogP contribution is 2.29. The molecule has 0 atom stereocenters. The first-order chi connectivity index (χ1) is 8.85. The first-order valence-corrected chi connectivity index (χ1v) is 7.22. The number of nitrogens with two attached hydrogens (primary N) is 1. The van der Waals surface area contributed by atoms with Crippen molar-refractivity contribution < 1.29 is 4.79 Å². The van der Waals surface area contributed by atoms with Crippen LogP contribution in [0.1, 0.15) is 20.3 Å². The maximum absolute atomic E-state index is 12.0. The van der Waals surface area contributed by atoms with Gasteiger partial charge in [-0.15, -0.1) is 0 Å². The molecule has 1 amide bonds. The summed E-state index contributed by atoms with van der Waals surface area (Å²) < 4.78 is 0.808. The van der Waals surface area contributed by atoms with E-state index in [2.05, 4.69) is 40.0 Å². The molecule has 104 valence electrons. The number of anilines is 2. The van der Waals surface area contributed by atoms with E-state index in [1.807, 2.05) is 6.07 Å². The van der Waals surface area contributed by atoms with Crippen molar-refractivity contribution in [3.05, 3.63) is 22.7 Å². The molecule has 0 saturated carbocycles. The van der Waals surface area contributed by atoms with Gasteiger partial charge in [0.2, 0.25) is 5.91 Å². The predicted octanol–water partition coefficient (Wildman–Crippen LogP) is 2.70. The number of carbonyl (C=O) groups excluding carboxylic acids is 1. The van der Waals surface area contributed by atoms with E-state index in [4.69, 9.17) is 5.73 Å². The zero-order valence-corrected chi connectivity index (χ0v) is 13.0. The number of nitrogen functional groups attached to an aromatic ring is 1. The second kappa shape index (κ2) is 5.51. The number of amides is 1. The summed E-state index contributed by atoms with van der Waals surface area (Å²) in [5.74, 6) is 0.0168. The standard InChI is InChI=1S/C14H20BrN3O/c1-14(2)5-6-18(9-14)8-13(19)17-12-4-3-10(16)7-11(12)15/h3-4,7H,5-6,8-9,16H2,1-2H3,(H,17,19). The van der Waals surface area contributed by atoms with Crippen LogP contribution in [0.25, 0.3) is 0 Å². The van der Waals surface area contributed by atoms with Gasteiger partial charge in [-0.3, -0.25) is 9.69 Å². The molecule has 0 aliphatic carbocycles. The van der Waals surface area contributed by atoms with Crippen LogP contribution >= 0.6 is 15.9 Å². The van der Waals surface area contributed by atoms with Crippen molar-refractivity contribution >= 4 is 33.2 Å². The zero-order valence-electron chi connectivity index (χ0n) is 11.4. The molecule has 0 bridgehead atoms. The van der Waals surface area contributed by atoms with Crippen molar-refractivity contribution in [2.45, 2.75) is 20.3 Å². The van der Waals surface area contributed by atoms with Crippen molar-refractivity contribution in [1.29, 1.82) is 0 Å². The van der Waals surface area contributed by atoms with E-state index in [-0.39, 0.29) is 5.91 Å². The number of hydrogen-bond acceptors (Lipinski definition) is 3. The third-order valence-corrected chi connectivity index (χ3v) is 4.05. The molecule has 5 heteroatoms. The van der Waals surface area contributed by atoms with Crippen LogP contribution in [0.15, 0.2) is 22.7 Å². The Morgan fingerprint density at radius 2 is 2.26 bits per heavy atom. The minimum absolute atomic E-state index is 0.0168. The van der Waals surface area contributed by atoms with E-state index in [1.165, 1.54) is 0 Å². The quantitative estimate of drug-likeness (QED) is 0.840. The van der Waals surface area contributed by atoms with E-state index in [0.717, 1.165) is 29.7 Å². The lowest BCUT2D eigenvalue weighted by Crippen LogP contribution is -2.32. The second-order valence-corrected chi connectivity index (χ2v) is 6.77. The summed E-state index contributed by atoms with van der Waals surface area (Å²) in [5.41, 5.74) is 7.42. The fourth-order valence-corrected chi connectivity index (χ4v) is 2.88. The lowest BCUT2D eigenvalue weighted by atomic mass is 9.93. The number of benzene rings is 1. The first kappa shape index (κ1) is 14.3. The Hall–Kier alpha value is -1.07. The van der Waals surface area contributed by atoms with Crippen LogP contribution < -0.4 is 11.1 Å². The summed E-state index contributed by atoms with van der Waals surface area (Å²) in [6.45, 7) is 6.88. The van der Waals surface area contributed by atoms with E-state index in [0.29, 0.717) is 17.6 Å². The third-order valence-electron chi connectivity index (χ3n) is 3.39. The van der Waals surface area contributed by atoms with E-state index in [9.17, 15) is 4.79 Å². The average molecular weight is 326 g/mol.